The van der Waals surface area contributed by atoms with Gasteiger partial charge in [-0.05, 0) is 104 Å². The highest BCUT2D eigenvalue weighted by atomic mass is 16.3. The van der Waals surface area contributed by atoms with Crippen LogP contribution >= 0.6 is 0 Å². The van der Waals surface area contributed by atoms with Crippen LogP contribution in [0.4, 0.5) is 0 Å². The van der Waals surface area contributed by atoms with Gasteiger partial charge >= 0.3 is 0 Å². The zero-order chi connectivity index (χ0) is 26.2. The number of rotatable bonds is 2. The molecule has 0 aliphatic carbocycles. The highest BCUT2D eigenvalue weighted by Gasteiger charge is 2.11. The van der Waals surface area contributed by atoms with Crippen LogP contribution in [-0.2, 0) is 0 Å². The van der Waals surface area contributed by atoms with Gasteiger partial charge in [-0.2, -0.15) is 0 Å². The van der Waals surface area contributed by atoms with Gasteiger partial charge in [0.25, 0.3) is 0 Å². The number of furan rings is 2. The molecular weight excluding hydrogens is 488 g/mol. The van der Waals surface area contributed by atoms with E-state index in [1.807, 2.05) is 24.3 Å². The molecule has 2 aromatic heterocycles. The molecule has 0 aliphatic rings. The molecule has 0 amide bonds. The second-order valence-corrected chi connectivity index (χ2v) is 10.6. The maximum atomic E-state index is 6.03. The van der Waals surface area contributed by atoms with E-state index in [0.29, 0.717) is 0 Å². The number of benzene rings is 7. The van der Waals surface area contributed by atoms with Crippen LogP contribution in [0.2, 0.25) is 0 Å². The summed E-state index contributed by atoms with van der Waals surface area (Å²) in [5, 5.41) is 9.56. The second kappa shape index (κ2) is 8.08. The summed E-state index contributed by atoms with van der Waals surface area (Å²) < 4.78 is 12.1. The minimum Gasteiger partial charge on any atom is -0.456 e. The summed E-state index contributed by atoms with van der Waals surface area (Å²) in [6.45, 7) is 0. The van der Waals surface area contributed by atoms with Crippen LogP contribution < -0.4 is 0 Å². The highest BCUT2D eigenvalue weighted by Crippen LogP contribution is 2.36. The quantitative estimate of drug-likeness (QED) is 0.216. The summed E-state index contributed by atoms with van der Waals surface area (Å²) in [5.41, 5.74) is 8.50. The third kappa shape index (κ3) is 3.23. The molecule has 0 aliphatic heterocycles. The third-order valence-corrected chi connectivity index (χ3v) is 8.22. The average Bonchev–Trinajstić information content (AvgIpc) is 3.57. The normalized spacial score (nSPS) is 12.0. The van der Waals surface area contributed by atoms with E-state index in [1.165, 1.54) is 43.8 Å². The van der Waals surface area contributed by atoms with E-state index >= 15 is 0 Å². The fourth-order valence-corrected chi connectivity index (χ4v) is 6.17. The van der Waals surface area contributed by atoms with Gasteiger partial charge in [0.1, 0.15) is 22.3 Å². The van der Waals surface area contributed by atoms with E-state index < -0.39 is 0 Å². The molecule has 9 aromatic rings. The lowest BCUT2D eigenvalue weighted by Crippen LogP contribution is -1.83. The predicted octanol–water partition coefficient (Wildman–Crippen LogP) is 11.1. The molecule has 0 N–H and O–H groups in total. The molecular formula is C38H22O2. The molecule has 0 spiro atoms. The number of hydrogen-bond donors (Lipinski definition) is 0. The largest absolute Gasteiger partial charge is 0.456 e. The topological polar surface area (TPSA) is 26.3 Å². The Balaban J connectivity index is 1.13. The van der Waals surface area contributed by atoms with Gasteiger partial charge < -0.3 is 8.83 Å². The Kier molecular flexibility index (Phi) is 4.36. The lowest BCUT2D eigenvalue weighted by molar-refractivity contribution is 0.668. The van der Waals surface area contributed by atoms with Crippen molar-refractivity contribution < 1.29 is 8.83 Å². The molecule has 0 saturated heterocycles. The van der Waals surface area contributed by atoms with Gasteiger partial charge in [0.2, 0.25) is 0 Å². The Hall–Kier alpha value is -5.34. The zero-order valence-electron chi connectivity index (χ0n) is 21.5. The van der Waals surface area contributed by atoms with Crippen LogP contribution in [0, 0.1) is 0 Å². The molecule has 186 valence electrons. The predicted molar refractivity (Wildman–Crippen MR) is 167 cm³/mol. The third-order valence-electron chi connectivity index (χ3n) is 8.22. The smallest absolute Gasteiger partial charge is 0.135 e. The molecule has 7 aromatic carbocycles. The maximum Gasteiger partial charge on any atom is 0.135 e. The molecule has 0 radical (unpaired) electrons. The van der Waals surface area contributed by atoms with Crippen molar-refractivity contribution in [3.05, 3.63) is 133 Å². The first kappa shape index (κ1) is 21.6. The Labute approximate surface area is 229 Å². The van der Waals surface area contributed by atoms with Crippen molar-refractivity contribution in [1.82, 2.24) is 0 Å². The first-order chi connectivity index (χ1) is 19.8. The van der Waals surface area contributed by atoms with E-state index in [1.54, 1.807) is 0 Å². The van der Waals surface area contributed by atoms with Gasteiger partial charge in [0.05, 0.1) is 0 Å². The second-order valence-electron chi connectivity index (χ2n) is 10.6. The van der Waals surface area contributed by atoms with Gasteiger partial charge in [-0.1, -0.05) is 72.8 Å². The molecule has 0 bridgehead atoms. The van der Waals surface area contributed by atoms with Gasteiger partial charge in [-0.3, -0.25) is 0 Å². The number of fused-ring (bicyclic) bond motifs is 8. The van der Waals surface area contributed by atoms with Crippen LogP contribution in [0.15, 0.2) is 142 Å². The zero-order valence-corrected chi connectivity index (χ0v) is 21.5. The average molecular weight is 511 g/mol. The van der Waals surface area contributed by atoms with Crippen molar-refractivity contribution in [2.75, 3.05) is 0 Å². The van der Waals surface area contributed by atoms with E-state index in [4.69, 9.17) is 8.83 Å². The number of para-hydroxylation sites is 2. The van der Waals surface area contributed by atoms with Crippen LogP contribution in [0.1, 0.15) is 0 Å². The van der Waals surface area contributed by atoms with Crippen molar-refractivity contribution in [1.29, 1.82) is 0 Å². The van der Waals surface area contributed by atoms with Crippen LogP contribution in [-0.4, -0.2) is 0 Å². The molecule has 40 heavy (non-hydrogen) atoms. The van der Waals surface area contributed by atoms with E-state index in [0.717, 1.165) is 43.9 Å². The number of hydrogen-bond acceptors (Lipinski definition) is 2. The first-order valence-corrected chi connectivity index (χ1v) is 13.6. The lowest BCUT2D eigenvalue weighted by atomic mass is 9.95. The van der Waals surface area contributed by atoms with Crippen LogP contribution in [0.5, 0.6) is 0 Å². The van der Waals surface area contributed by atoms with E-state index in [9.17, 15) is 0 Å². The minimum atomic E-state index is 0.924. The van der Waals surface area contributed by atoms with Crippen molar-refractivity contribution in [3.63, 3.8) is 0 Å². The minimum absolute atomic E-state index is 0.924. The van der Waals surface area contributed by atoms with Gasteiger partial charge in [0.15, 0.2) is 0 Å². The first-order valence-electron chi connectivity index (χ1n) is 13.6. The molecule has 0 fully saturated rings. The Morgan fingerprint density at radius 2 is 0.675 bits per heavy atom. The fraction of sp³-hybridized carbons (Fsp3) is 0. The van der Waals surface area contributed by atoms with Gasteiger partial charge in [-0.15, -0.1) is 0 Å². The fourth-order valence-electron chi connectivity index (χ4n) is 6.17. The Morgan fingerprint density at radius 1 is 0.275 bits per heavy atom. The molecule has 0 saturated carbocycles. The molecule has 2 nitrogen and oxygen atoms in total. The maximum absolute atomic E-state index is 6.03. The Bertz CT molecular complexity index is 2260. The molecule has 9 rings (SSSR count). The van der Waals surface area contributed by atoms with Crippen LogP contribution in [0.3, 0.4) is 0 Å². The molecule has 0 atom stereocenters. The van der Waals surface area contributed by atoms with Crippen molar-refractivity contribution >= 4 is 65.4 Å². The van der Waals surface area contributed by atoms with Crippen molar-refractivity contribution in [2.24, 2.45) is 0 Å². The highest BCUT2D eigenvalue weighted by molar-refractivity contribution is 6.08. The molecule has 0 unspecified atom stereocenters. The summed E-state index contributed by atoms with van der Waals surface area (Å²) in [7, 11) is 0. The van der Waals surface area contributed by atoms with Crippen LogP contribution in [0.25, 0.3) is 87.7 Å². The standard InChI is InChI=1S/C38H22O2/c1-3-7-35-31(5-1)33-21-27(13-15-37(33)39-35)23-9-11-25-20-30-18-24(10-12-26(30)19-29(25)17-23)28-14-16-38-34(22-28)32-6-2-4-8-36(32)40-38/h1-22H. The summed E-state index contributed by atoms with van der Waals surface area (Å²) in [6, 6.07) is 47.5. The van der Waals surface area contributed by atoms with E-state index in [2.05, 4.69) is 109 Å². The summed E-state index contributed by atoms with van der Waals surface area (Å²) in [6.07, 6.45) is 0. The Morgan fingerprint density at radius 3 is 1.18 bits per heavy atom. The van der Waals surface area contributed by atoms with Gasteiger partial charge in [0, 0.05) is 21.5 Å². The summed E-state index contributed by atoms with van der Waals surface area (Å²) in [4.78, 5) is 0. The lowest BCUT2D eigenvalue weighted by Gasteiger charge is -2.09. The monoisotopic (exact) mass is 510 g/mol. The molecule has 2 heteroatoms. The van der Waals surface area contributed by atoms with Crippen molar-refractivity contribution in [3.8, 4) is 22.3 Å². The van der Waals surface area contributed by atoms with E-state index in [-0.39, 0.29) is 0 Å². The summed E-state index contributed by atoms with van der Waals surface area (Å²) in [5.74, 6) is 0. The van der Waals surface area contributed by atoms with Crippen molar-refractivity contribution in [2.45, 2.75) is 0 Å². The SMILES string of the molecule is c1ccc2c(c1)oc1ccc(-c3ccc4cc5cc(-c6ccc7oc8ccccc8c7c6)ccc5cc4c3)cc12. The molecule has 2 heterocycles. The van der Waals surface area contributed by atoms with Gasteiger partial charge in [-0.25, -0.2) is 0 Å². The summed E-state index contributed by atoms with van der Waals surface area (Å²) >= 11 is 0.